The predicted molar refractivity (Wildman–Crippen MR) is 81.9 cm³/mol. The van der Waals surface area contributed by atoms with Gasteiger partial charge in [-0.2, -0.15) is 0 Å². The smallest absolute Gasteiger partial charge is 0.0509 e. The second kappa shape index (κ2) is 6.70. The maximum Gasteiger partial charge on any atom is 0.0509 e. The summed E-state index contributed by atoms with van der Waals surface area (Å²) in [5.41, 5.74) is 1.43. The Hall–Kier alpha value is -0.900. The second-order valence-corrected chi connectivity index (χ2v) is 6.20. The summed E-state index contributed by atoms with van der Waals surface area (Å²) in [4.78, 5) is 2.66. The monoisotopic (exact) mass is 274 g/mol. The molecule has 20 heavy (non-hydrogen) atoms. The van der Waals surface area contributed by atoms with Gasteiger partial charge in [0.15, 0.2) is 0 Å². The summed E-state index contributed by atoms with van der Waals surface area (Å²) >= 11 is 0. The summed E-state index contributed by atoms with van der Waals surface area (Å²) in [7, 11) is 0. The molecule has 2 saturated heterocycles. The van der Waals surface area contributed by atoms with Crippen molar-refractivity contribution in [2.75, 3.05) is 32.8 Å². The molecule has 1 aromatic carbocycles. The van der Waals surface area contributed by atoms with E-state index in [1.54, 1.807) is 0 Å². The highest BCUT2D eigenvalue weighted by Crippen LogP contribution is 2.22. The number of nitrogens with one attached hydrogen (secondary N) is 1. The lowest BCUT2D eigenvalue weighted by atomic mass is 9.96. The molecule has 3 atom stereocenters. The molecule has 1 aromatic rings. The molecule has 0 spiro atoms. The molecule has 3 nitrogen and oxygen atoms in total. The fourth-order valence-corrected chi connectivity index (χ4v) is 3.49. The summed E-state index contributed by atoms with van der Waals surface area (Å²) in [6, 6.07) is 12.0. The van der Waals surface area contributed by atoms with Crippen LogP contribution in [-0.2, 0) is 11.2 Å². The van der Waals surface area contributed by atoms with Gasteiger partial charge in [-0.1, -0.05) is 30.3 Å². The lowest BCUT2D eigenvalue weighted by molar-refractivity contribution is 0.100. The molecule has 0 bridgehead atoms. The van der Waals surface area contributed by atoms with Crippen LogP contribution in [0.2, 0.25) is 0 Å². The Morgan fingerprint density at radius 3 is 2.95 bits per heavy atom. The van der Waals surface area contributed by atoms with E-state index in [1.165, 1.54) is 18.5 Å². The van der Waals surface area contributed by atoms with Crippen molar-refractivity contribution in [2.24, 2.45) is 5.92 Å². The Morgan fingerprint density at radius 2 is 2.20 bits per heavy atom. The summed E-state index contributed by atoms with van der Waals surface area (Å²) in [5, 5.41) is 3.67. The van der Waals surface area contributed by atoms with Gasteiger partial charge in [-0.3, -0.25) is 4.90 Å². The average molecular weight is 274 g/mol. The zero-order valence-corrected chi connectivity index (χ0v) is 12.4. The van der Waals surface area contributed by atoms with E-state index in [4.69, 9.17) is 4.74 Å². The summed E-state index contributed by atoms with van der Waals surface area (Å²) in [6.07, 6.45) is 2.36. The molecule has 2 aliphatic rings. The van der Waals surface area contributed by atoms with Gasteiger partial charge < -0.3 is 10.1 Å². The molecule has 2 heterocycles. The molecule has 3 unspecified atom stereocenters. The first kappa shape index (κ1) is 14.1. The van der Waals surface area contributed by atoms with Crippen LogP contribution in [0.4, 0.5) is 0 Å². The first-order valence-corrected chi connectivity index (χ1v) is 7.92. The SMILES string of the molecule is CC(C1CCOC1)N1CCNC(Cc2ccccc2)C1. The van der Waals surface area contributed by atoms with Gasteiger partial charge in [-0.25, -0.2) is 0 Å². The van der Waals surface area contributed by atoms with Gasteiger partial charge in [0.25, 0.3) is 0 Å². The Balaban J connectivity index is 1.56. The first-order valence-electron chi connectivity index (χ1n) is 7.92. The Morgan fingerprint density at radius 1 is 1.35 bits per heavy atom. The van der Waals surface area contributed by atoms with Crippen LogP contribution in [-0.4, -0.2) is 49.8 Å². The highest BCUT2D eigenvalue weighted by Gasteiger charge is 2.30. The number of piperazine rings is 1. The standard InChI is InChI=1S/C17H26N2O/c1-14(16-7-10-20-13-16)19-9-8-18-17(12-19)11-15-5-3-2-4-6-15/h2-6,14,16-18H,7-13H2,1H3. The summed E-state index contributed by atoms with van der Waals surface area (Å²) in [5.74, 6) is 0.727. The van der Waals surface area contributed by atoms with Crippen LogP contribution in [0.3, 0.4) is 0 Å². The maximum absolute atomic E-state index is 5.55. The molecule has 3 rings (SSSR count). The topological polar surface area (TPSA) is 24.5 Å². The molecule has 0 aliphatic carbocycles. The van der Waals surface area contributed by atoms with E-state index in [2.05, 4.69) is 47.5 Å². The van der Waals surface area contributed by atoms with Crippen LogP contribution in [0.25, 0.3) is 0 Å². The van der Waals surface area contributed by atoms with Crippen molar-refractivity contribution >= 4 is 0 Å². The minimum atomic E-state index is 0.580. The fraction of sp³-hybridized carbons (Fsp3) is 0.647. The Bertz CT molecular complexity index is 403. The maximum atomic E-state index is 5.55. The lowest BCUT2D eigenvalue weighted by Gasteiger charge is -2.39. The molecule has 1 N–H and O–H groups in total. The predicted octanol–water partition coefficient (Wildman–Crippen LogP) is 1.93. The molecule has 110 valence electrons. The van der Waals surface area contributed by atoms with Gasteiger partial charge in [0.05, 0.1) is 6.61 Å². The highest BCUT2D eigenvalue weighted by atomic mass is 16.5. The average Bonchev–Trinajstić information content (AvgIpc) is 3.02. The number of rotatable bonds is 4. The van der Waals surface area contributed by atoms with Crippen LogP contribution in [0.15, 0.2) is 30.3 Å². The number of benzene rings is 1. The summed E-state index contributed by atoms with van der Waals surface area (Å²) in [6.45, 7) is 7.72. The van der Waals surface area contributed by atoms with Gasteiger partial charge in [0, 0.05) is 38.3 Å². The third kappa shape index (κ3) is 3.40. The Labute approximate surface area is 122 Å². The van der Waals surface area contributed by atoms with Gasteiger partial charge in [0.2, 0.25) is 0 Å². The van der Waals surface area contributed by atoms with Crippen molar-refractivity contribution in [3.8, 4) is 0 Å². The van der Waals surface area contributed by atoms with Crippen LogP contribution < -0.4 is 5.32 Å². The van der Waals surface area contributed by atoms with E-state index < -0.39 is 0 Å². The molecular weight excluding hydrogens is 248 g/mol. The van der Waals surface area contributed by atoms with E-state index in [-0.39, 0.29) is 0 Å². The first-order chi connectivity index (χ1) is 9.83. The third-order valence-corrected chi connectivity index (χ3v) is 4.83. The largest absolute Gasteiger partial charge is 0.381 e. The van der Waals surface area contributed by atoms with Gasteiger partial charge >= 0.3 is 0 Å². The van der Waals surface area contributed by atoms with Gasteiger partial charge in [-0.05, 0) is 31.2 Å². The van der Waals surface area contributed by atoms with Gasteiger partial charge in [0.1, 0.15) is 0 Å². The molecule has 3 heteroatoms. The molecular formula is C17H26N2O. The zero-order valence-electron chi connectivity index (χ0n) is 12.4. The number of hydrogen-bond donors (Lipinski definition) is 1. The zero-order chi connectivity index (χ0) is 13.8. The number of nitrogens with zero attached hydrogens (tertiary/aromatic N) is 1. The molecule has 0 amide bonds. The quantitative estimate of drug-likeness (QED) is 0.908. The van der Waals surface area contributed by atoms with E-state index >= 15 is 0 Å². The van der Waals surface area contributed by atoms with E-state index in [1.807, 2.05) is 0 Å². The minimum Gasteiger partial charge on any atom is -0.381 e. The number of ether oxygens (including phenoxy) is 1. The second-order valence-electron chi connectivity index (χ2n) is 6.20. The van der Waals surface area contributed by atoms with Crippen molar-refractivity contribution in [3.63, 3.8) is 0 Å². The van der Waals surface area contributed by atoms with E-state index in [0.29, 0.717) is 12.1 Å². The summed E-state index contributed by atoms with van der Waals surface area (Å²) < 4.78 is 5.55. The van der Waals surface area contributed by atoms with E-state index in [0.717, 1.165) is 38.6 Å². The molecule has 0 aromatic heterocycles. The highest BCUT2D eigenvalue weighted by molar-refractivity contribution is 5.16. The van der Waals surface area contributed by atoms with Crippen molar-refractivity contribution in [2.45, 2.75) is 31.8 Å². The minimum absolute atomic E-state index is 0.580. The van der Waals surface area contributed by atoms with E-state index in [9.17, 15) is 0 Å². The van der Waals surface area contributed by atoms with Crippen LogP contribution in [0.1, 0.15) is 18.9 Å². The molecule has 0 saturated carbocycles. The van der Waals surface area contributed by atoms with Crippen LogP contribution >= 0.6 is 0 Å². The molecule has 2 aliphatic heterocycles. The van der Waals surface area contributed by atoms with Crippen molar-refractivity contribution < 1.29 is 4.74 Å². The van der Waals surface area contributed by atoms with Crippen LogP contribution in [0.5, 0.6) is 0 Å². The van der Waals surface area contributed by atoms with Crippen LogP contribution in [0, 0.1) is 5.92 Å². The molecule has 0 radical (unpaired) electrons. The van der Waals surface area contributed by atoms with Gasteiger partial charge in [-0.15, -0.1) is 0 Å². The molecule has 2 fully saturated rings. The third-order valence-electron chi connectivity index (χ3n) is 4.83. The van der Waals surface area contributed by atoms with Crippen molar-refractivity contribution in [1.29, 1.82) is 0 Å². The number of hydrogen-bond acceptors (Lipinski definition) is 3. The Kier molecular flexibility index (Phi) is 4.71. The normalized spacial score (nSPS) is 29.4. The van der Waals surface area contributed by atoms with Crippen molar-refractivity contribution in [1.82, 2.24) is 10.2 Å². The lowest BCUT2D eigenvalue weighted by Crippen LogP contribution is -2.55. The van der Waals surface area contributed by atoms with Crippen molar-refractivity contribution in [3.05, 3.63) is 35.9 Å². The fourth-order valence-electron chi connectivity index (χ4n) is 3.49.